The van der Waals surface area contributed by atoms with Gasteiger partial charge in [0.25, 0.3) is 0 Å². The average molecular weight is 684 g/mol. The van der Waals surface area contributed by atoms with Crippen molar-refractivity contribution in [2.75, 3.05) is 88.5 Å². The molecule has 0 aliphatic carbocycles. The number of benzene rings is 3. The summed E-state index contributed by atoms with van der Waals surface area (Å²) in [4.78, 5) is 9.01. The predicted molar refractivity (Wildman–Crippen MR) is 180 cm³/mol. The molecule has 0 spiro atoms. The van der Waals surface area contributed by atoms with E-state index in [1.54, 1.807) is 0 Å². The molecule has 2 aliphatic rings. The van der Waals surface area contributed by atoms with Gasteiger partial charge in [0.2, 0.25) is 0 Å². The first kappa shape index (κ1) is 33.2. The lowest BCUT2D eigenvalue weighted by Gasteiger charge is -2.37. The lowest BCUT2D eigenvalue weighted by Crippen LogP contribution is -2.49. The van der Waals surface area contributed by atoms with Crippen LogP contribution in [-0.4, -0.2) is 111 Å². The monoisotopic (exact) mass is 682 g/mol. The number of hydrogen-bond donors (Lipinski definition) is 2. The molecule has 3 aromatic rings. The van der Waals surface area contributed by atoms with Crippen LogP contribution in [0.4, 0.5) is 11.4 Å². The Kier molecular flexibility index (Phi) is 12.0. The fourth-order valence-electron chi connectivity index (χ4n) is 5.46. The number of rotatable bonds is 12. The Morgan fingerprint density at radius 3 is 1.23 bits per heavy atom. The molecule has 0 radical (unpaired) electrons. The second kappa shape index (κ2) is 15.9. The van der Waals surface area contributed by atoms with Gasteiger partial charge in [0.15, 0.2) is 0 Å². The Bertz CT molecular complexity index is 1250. The minimum atomic E-state index is -0.608. The maximum absolute atomic E-state index is 10.6. The second-order valence-corrected chi connectivity index (χ2v) is 12.8. The summed E-state index contributed by atoms with van der Waals surface area (Å²) in [5.41, 5.74) is 2.11. The van der Waals surface area contributed by atoms with Gasteiger partial charge in [-0.3, -0.25) is 9.80 Å². The topological polar surface area (TPSA) is 71.9 Å². The number of anilines is 2. The third-order valence-corrected chi connectivity index (χ3v) is 9.41. The molecule has 8 nitrogen and oxygen atoms in total. The number of hydrogen-bond acceptors (Lipinski definition) is 8. The minimum Gasteiger partial charge on any atom is -0.491 e. The van der Waals surface area contributed by atoms with Crippen LogP contribution < -0.4 is 19.3 Å². The van der Waals surface area contributed by atoms with Crippen molar-refractivity contribution < 1.29 is 19.7 Å². The van der Waals surface area contributed by atoms with E-state index in [4.69, 9.17) is 55.9 Å². The molecule has 0 saturated carbocycles. The van der Waals surface area contributed by atoms with Crippen LogP contribution in [0.15, 0.2) is 60.7 Å². The van der Waals surface area contributed by atoms with Gasteiger partial charge < -0.3 is 29.5 Å². The first-order valence-electron chi connectivity index (χ1n) is 14.8. The number of aliphatic hydroxyl groups is 2. The van der Waals surface area contributed by atoms with Gasteiger partial charge in [-0.05, 0) is 60.7 Å². The zero-order valence-electron chi connectivity index (χ0n) is 24.4. The number of ether oxygens (including phenoxy) is 2. The number of β-amino-alcohol motifs (C(OH)–C–C–N with tert-alkyl or cyclic N) is 2. The number of halogens is 4. The van der Waals surface area contributed by atoms with Gasteiger partial charge in [-0.25, -0.2) is 0 Å². The lowest BCUT2D eigenvalue weighted by atomic mass is 10.2. The maximum Gasteiger partial charge on any atom is 0.119 e. The Hall–Kier alpha value is -2.14. The molecule has 2 N–H and O–H groups in total. The van der Waals surface area contributed by atoms with E-state index in [2.05, 4.69) is 19.6 Å². The van der Waals surface area contributed by atoms with Crippen LogP contribution in [-0.2, 0) is 0 Å². The number of aliphatic hydroxyl groups excluding tert-OH is 2. The summed E-state index contributed by atoms with van der Waals surface area (Å²) in [6, 6.07) is 18.6. The van der Waals surface area contributed by atoms with Gasteiger partial charge in [-0.2, -0.15) is 0 Å². The fraction of sp³-hybridized carbons (Fsp3) is 0.438. The molecule has 2 saturated heterocycles. The standard InChI is InChI=1S/C32H38Cl4N4O4/c33-29-7-1-23(17-31(29)35)39-13-9-37(10-14-39)19-25(41)21-43-27-3-5-28(6-4-27)44-22-26(42)20-38-11-15-40(16-12-38)24-2-8-30(34)32(36)18-24/h1-8,17-18,25-26,41-42H,9-16,19-22H2/t25-,26+. The van der Waals surface area contributed by atoms with Crippen LogP contribution in [0.5, 0.6) is 11.5 Å². The van der Waals surface area contributed by atoms with E-state index < -0.39 is 12.2 Å². The first-order valence-corrected chi connectivity index (χ1v) is 16.3. The molecular formula is C32H38Cl4N4O4. The Balaban J connectivity index is 0.958. The highest BCUT2D eigenvalue weighted by Gasteiger charge is 2.22. The third kappa shape index (κ3) is 9.44. The van der Waals surface area contributed by atoms with Crippen molar-refractivity contribution in [1.29, 1.82) is 0 Å². The summed E-state index contributed by atoms with van der Waals surface area (Å²) >= 11 is 24.4. The molecule has 0 bridgehead atoms. The minimum absolute atomic E-state index is 0.199. The summed E-state index contributed by atoms with van der Waals surface area (Å²) < 4.78 is 11.6. The van der Waals surface area contributed by atoms with Crippen molar-refractivity contribution in [1.82, 2.24) is 9.80 Å². The molecular weight excluding hydrogens is 646 g/mol. The van der Waals surface area contributed by atoms with Crippen LogP contribution in [0.25, 0.3) is 0 Å². The van der Waals surface area contributed by atoms with Gasteiger partial charge in [-0.15, -0.1) is 0 Å². The maximum atomic E-state index is 10.6. The molecule has 2 aliphatic heterocycles. The summed E-state index contributed by atoms with van der Waals surface area (Å²) in [5.74, 6) is 1.31. The highest BCUT2D eigenvalue weighted by molar-refractivity contribution is 6.42. The highest BCUT2D eigenvalue weighted by atomic mass is 35.5. The molecule has 5 rings (SSSR count). The van der Waals surface area contributed by atoms with E-state index in [-0.39, 0.29) is 13.2 Å². The van der Waals surface area contributed by atoms with Crippen LogP contribution in [0.3, 0.4) is 0 Å². The quantitative estimate of drug-likeness (QED) is 0.262. The van der Waals surface area contributed by atoms with Crippen LogP contribution in [0.1, 0.15) is 0 Å². The summed E-state index contributed by atoms with van der Waals surface area (Å²) in [5, 5.41) is 23.3. The molecule has 44 heavy (non-hydrogen) atoms. The van der Waals surface area contributed by atoms with E-state index in [1.165, 1.54) is 0 Å². The predicted octanol–water partition coefficient (Wildman–Crippen LogP) is 5.42. The zero-order chi connectivity index (χ0) is 31.1. The van der Waals surface area contributed by atoms with E-state index in [0.29, 0.717) is 44.7 Å². The normalized spacial score (nSPS) is 17.9. The molecule has 12 heteroatoms. The van der Waals surface area contributed by atoms with Crippen molar-refractivity contribution in [2.24, 2.45) is 0 Å². The Morgan fingerprint density at radius 1 is 0.523 bits per heavy atom. The van der Waals surface area contributed by atoms with Gasteiger partial charge >= 0.3 is 0 Å². The fourth-order valence-corrected chi connectivity index (χ4v) is 6.04. The molecule has 2 heterocycles. The van der Waals surface area contributed by atoms with Crippen molar-refractivity contribution in [2.45, 2.75) is 12.2 Å². The second-order valence-electron chi connectivity index (χ2n) is 11.2. The summed E-state index contributed by atoms with van der Waals surface area (Å²) in [7, 11) is 0. The lowest BCUT2D eigenvalue weighted by molar-refractivity contribution is 0.0650. The Morgan fingerprint density at radius 2 is 0.886 bits per heavy atom. The highest BCUT2D eigenvalue weighted by Crippen LogP contribution is 2.29. The van der Waals surface area contributed by atoms with Crippen LogP contribution in [0, 0.1) is 0 Å². The van der Waals surface area contributed by atoms with E-state index >= 15 is 0 Å². The molecule has 2 fully saturated rings. The average Bonchev–Trinajstić information content (AvgIpc) is 3.03. The van der Waals surface area contributed by atoms with Gasteiger partial charge in [-0.1, -0.05) is 46.4 Å². The number of nitrogens with zero attached hydrogens (tertiary/aromatic N) is 4. The van der Waals surface area contributed by atoms with Crippen molar-refractivity contribution in [3.05, 3.63) is 80.8 Å². The smallest absolute Gasteiger partial charge is 0.119 e. The van der Waals surface area contributed by atoms with Crippen molar-refractivity contribution in [3.63, 3.8) is 0 Å². The molecule has 0 unspecified atom stereocenters. The molecule has 0 amide bonds. The van der Waals surface area contributed by atoms with Gasteiger partial charge in [0, 0.05) is 76.8 Å². The first-order chi connectivity index (χ1) is 21.2. The van der Waals surface area contributed by atoms with Gasteiger partial charge in [0.1, 0.15) is 36.9 Å². The van der Waals surface area contributed by atoms with Crippen LogP contribution in [0.2, 0.25) is 20.1 Å². The van der Waals surface area contributed by atoms with Crippen molar-refractivity contribution in [3.8, 4) is 11.5 Å². The van der Waals surface area contributed by atoms with Crippen molar-refractivity contribution >= 4 is 57.8 Å². The molecule has 3 aromatic carbocycles. The summed E-state index contributed by atoms with van der Waals surface area (Å²) in [6.07, 6.45) is -1.22. The SMILES string of the molecule is O[C@H](COc1ccc(OC[C@H](O)CN2CCN(c3ccc(Cl)c(Cl)c3)CC2)cc1)CN1CCN(c2ccc(Cl)c(Cl)c2)CC1. The van der Waals surface area contributed by atoms with E-state index in [1.807, 2.05) is 60.7 Å². The van der Waals surface area contributed by atoms with Crippen LogP contribution >= 0.6 is 46.4 Å². The third-order valence-electron chi connectivity index (χ3n) is 7.93. The molecule has 0 aromatic heterocycles. The van der Waals surface area contributed by atoms with E-state index in [0.717, 1.165) is 63.7 Å². The molecule has 238 valence electrons. The zero-order valence-corrected chi connectivity index (χ0v) is 27.4. The van der Waals surface area contributed by atoms with Gasteiger partial charge in [0.05, 0.1) is 20.1 Å². The molecule has 2 atom stereocenters. The van der Waals surface area contributed by atoms with E-state index in [9.17, 15) is 10.2 Å². The Labute approximate surface area is 279 Å². The largest absolute Gasteiger partial charge is 0.491 e. The summed E-state index contributed by atoms with van der Waals surface area (Å²) in [6.45, 7) is 8.21. The number of piperazine rings is 2.